The molecule has 5 nitrogen and oxygen atoms in total. The Balaban J connectivity index is 2.23. The molecular weight excluding hydrogens is 218 g/mol. The summed E-state index contributed by atoms with van der Waals surface area (Å²) in [5.74, 6) is 0.143. The van der Waals surface area contributed by atoms with Gasteiger partial charge < -0.3 is 10.4 Å². The molecule has 0 aliphatic carbocycles. The molecule has 0 aliphatic heterocycles. The fourth-order valence-corrected chi connectivity index (χ4v) is 1.49. The number of nitrogens with one attached hydrogen (secondary N) is 2. The average Bonchev–Trinajstić information content (AvgIpc) is 2.64. The van der Waals surface area contributed by atoms with Crippen molar-refractivity contribution in [2.45, 2.75) is 13.8 Å². The van der Waals surface area contributed by atoms with Crippen LogP contribution in [0.4, 0.5) is 5.82 Å². The Morgan fingerprint density at radius 2 is 2.18 bits per heavy atom. The highest BCUT2D eigenvalue weighted by Crippen LogP contribution is 2.20. The van der Waals surface area contributed by atoms with E-state index in [0.717, 1.165) is 11.1 Å². The number of carbonyl (C=O) groups is 1. The van der Waals surface area contributed by atoms with E-state index in [1.807, 2.05) is 13.8 Å². The first-order valence-electron chi connectivity index (χ1n) is 5.19. The van der Waals surface area contributed by atoms with Crippen LogP contribution in [0.3, 0.4) is 0 Å². The summed E-state index contributed by atoms with van der Waals surface area (Å²) >= 11 is 0. The van der Waals surface area contributed by atoms with Crippen LogP contribution in [0.15, 0.2) is 24.4 Å². The standard InChI is InChI=1S/C12H13N3O2/c1-7-3-4-9(10(16)5-7)12(17)14-11-8(2)6-13-15-11/h3-6,16H,1-2H3,(H2,13,14,15,17). The second-order valence-corrected chi connectivity index (χ2v) is 3.90. The minimum Gasteiger partial charge on any atom is -0.507 e. The van der Waals surface area contributed by atoms with Gasteiger partial charge in [-0.2, -0.15) is 5.10 Å². The Hall–Kier alpha value is -2.30. The predicted molar refractivity (Wildman–Crippen MR) is 64.1 cm³/mol. The van der Waals surface area contributed by atoms with Crippen LogP contribution in [0.2, 0.25) is 0 Å². The summed E-state index contributed by atoms with van der Waals surface area (Å²) in [6, 6.07) is 4.91. The zero-order valence-corrected chi connectivity index (χ0v) is 9.61. The van der Waals surface area contributed by atoms with Gasteiger partial charge in [0.15, 0.2) is 0 Å². The van der Waals surface area contributed by atoms with Crippen LogP contribution < -0.4 is 5.32 Å². The van der Waals surface area contributed by atoms with E-state index in [-0.39, 0.29) is 17.2 Å². The zero-order valence-electron chi connectivity index (χ0n) is 9.61. The van der Waals surface area contributed by atoms with Gasteiger partial charge in [0.2, 0.25) is 0 Å². The van der Waals surface area contributed by atoms with E-state index in [1.165, 1.54) is 0 Å². The van der Waals surface area contributed by atoms with Crippen molar-refractivity contribution < 1.29 is 9.90 Å². The molecule has 2 aromatic rings. The second-order valence-electron chi connectivity index (χ2n) is 3.90. The van der Waals surface area contributed by atoms with Crippen LogP contribution in [0.5, 0.6) is 5.75 Å². The van der Waals surface area contributed by atoms with E-state index in [0.29, 0.717) is 5.82 Å². The molecule has 0 aliphatic rings. The number of rotatable bonds is 2. The Kier molecular flexibility index (Phi) is 2.82. The lowest BCUT2D eigenvalue weighted by Crippen LogP contribution is -2.13. The maximum Gasteiger partial charge on any atom is 0.260 e. The van der Waals surface area contributed by atoms with Crippen molar-refractivity contribution in [3.8, 4) is 5.75 Å². The number of H-pyrrole nitrogens is 1. The normalized spacial score (nSPS) is 10.2. The molecule has 0 spiro atoms. The number of carbonyl (C=O) groups excluding carboxylic acids is 1. The minimum absolute atomic E-state index is 0.0281. The number of hydrogen-bond acceptors (Lipinski definition) is 3. The van der Waals surface area contributed by atoms with E-state index < -0.39 is 0 Å². The first-order chi connectivity index (χ1) is 8.08. The van der Waals surface area contributed by atoms with Crippen molar-refractivity contribution in [3.05, 3.63) is 41.1 Å². The molecule has 1 aromatic carbocycles. The zero-order chi connectivity index (χ0) is 12.4. The van der Waals surface area contributed by atoms with Crippen molar-refractivity contribution in [1.82, 2.24) is 10.2 Å². The molecule has 17 heavy (non-hydrogen) atoms. The third-order valence-corrected chi connectivity index (χ3v) is 2.47. The summed E-state index contributed by atoms with van der Waals surface area (Å²) in [5.41, 5.74) is 1.98. The number of phenols is 1. The van der Waals surface area contributed by atoms with Crippen molar-refractivity contribution in [2.75, 3.05) is 5.32 Å². The van der Waals surface area contributed by atoms with Crippen LogP contribution in [-0.4, -0.2) is 21.2 Å². The first kappa shape index (κ1) is 11.2. The molecule has 1 aromatic heterocycles. The van der Waals surface area contributed by atoms with Gasteiger partial charge in [0, 0.05) is 5.56 Å². The fraction of sp³-hybridized carbons (Fsp3) is 0.167. The van der Waals surface area contributed by atoms with Gasteiger partial charge in [-0.05, 0) is 31.5 Å². The van der Waals surface area contributed by atoms with Crippen molar-refractivity contribution in [1.29, 1.82) is 0 Å². The van der Waals surface area contributed by atoms with Gasteiger partial charge in [-0.3, -0.25) is 9.89 Å². The van der Waals surface area contributed by atoms with E-state index >= 15 is 0 Å². The summed E-state index contributed by atoms with van der Waals surface area (Å²) in [6.45, 7) is 3.68. The number of aromatic nitrogens is 2. The number of phenolic OH excluding ortho intramolecular Hbond substituents is 1. The van der Waals surface area contributed by atoms with Gasteiger partial charge in [0.1, 0.15) is 11.6 Å². The number of aromatic hydroxyl groups is 1. The van der Waals surface area contributed by atoms with E-state index in [1.54, 1.807) is 24.4 Å². The third kappa shape index (κ3) is 2.28. The molecule has 0 radical (unpaired) electrons. The monoisotopic (exact) mass is 231 g/mol. The molecule has 0 atom stereocenters. The van der Waals surface area contributed by atoms with E-state index in [4.69, 9.17) is 0 Å². The van der Waals surface area contributed by atoms with Crippen molar-refractivity contribution >= 4 is 11.7 Å². The summed E-state index contributed by atoms with van der Waals surface area (Å²) < 4.78 is 0. The molecule has 1 amide bonds. The molecule has 5 heteroatoms. The Labute approximate surface area is 98.5 Å². The molecule has 3 N–H and O–H groups in total. The highest BCUT2D eigenvalue weighted by Gasteiger charge is 2.12. The number of nitrogens with zero attached hydrogens (tertiary/aromatic N) is 1. The number of aromatic amines is 1. The maximum absolute atomic E-state index is 11.9. The van der Waals surface area contributed by atoms with Crippen LogP contribution >= 0.6 is 0 Å². The average molecular weight is 231 g/mol. The van der Waals surface area contributed by atoms with Crippen molar-refractivity contribution in [3.63, 3.8) is 0 Å². The lowest BCUT2D eigenvalue weighted by molar-refractivity contribution is 0.102. The summed E-state index contributed by atoms with van der Waals surface area (Å²) in [6.07, 6.45) is 1.62. The molecule has 0 bridgehead atoms. The Bertz CT molecular complexity index is 561. The number of benzene rings is 1. The highest BCUT2D eigenvalue weighted by molar-refractivity contribution is 6.05. The van der Waals surface area contributed by atoms with Crippen molar-refractivity contribution in [2.24, 2.45) is 0 Å². The summed E-state index contributed by atoms with van der Waals surface area (Å²) in [4.78, 5) is 11.9. The minimum atomic E-state index is -0.366. The largest absolute Gasteiger partial charge is 0.507 e. The number of aryl methyl sites for hydroxylation is 2. The Morgan fingerprint density at radius 3 is 2.76 bits per heavy atom. The molecule has 0 unspecified atom stereocenters. The molecule has 0 saturated carbocycles. The van der Waals surface area contributed by atoms with E-state index in [9.17, 15) is 9.90 Å². The Morgan fingerprint density at radius 1 is 1.41 bits per heavy atom. The van der Waals surface area contributed by atoms with Crippen LogP contribution in [0.25, 0.3) is 0 Å². The van der Waals surface area contributed by atoms with Gasteiger partial charge in [0.25, 0.3) is 5.91 Å². The predicted octanol–water partition coefficient (Wildman–Crippen LogP) is 1.98. The quantitative estimate of drug-likeness (QED) is 0.739. The highest BCUT2D eigenvalue weighted by atomic mass is 16.3. The first-order valence-corrected chi connectivity index (χ1v) is 5.19. The number of amides is 1. The fourth-order valence-electron chi connectivity index (χ4n) is 1.49. The van der Waals surface area contributed by atoms with Gasteiger partial charge in [0.05, 0.1) is 11.8 Å². The SMILES string of the molecule is Cc1ccc(C(=O)Nc2[nH]ncc2C)c(O)c1. The topological polar surface area (TPSA) is 78.0 Å². The van der Waals surface area contributed by atoms with Gasteiger partial charge >= 0.3 is 0 Å². The summed E-state index contributed by atoms with van der Waals surface area (Å²) in [7, 11) is 0. The van der Waals surface area contributed by atoms with E-state index in [2.05, 4.69) is 15.5 Å². The smallest absolute Gasteiger partial charge is 0.260 e. The van der Waals surface area contributed by atoms with Gasteiger partial charge in [-0.15, -0.1) is 0 Å². The molecule has 0 saturated heterocycles. The lowest BCUT2D eigenvalue weighted by atomic mass is 10.1. The van der Waals surface area contributed by atoms with Crippen LogP contribution in [-0.2, 0) is 0 Å². The summed E-state index contributed by atoms with van der Waals surface area (Å²) in [5, 5.41) is 18.8. The molecule has 1 heterocycles. The number of hydrogen-bond donors (Lipinski definition) is 3. The van der Waals surface area contributed by atoms with Gasteiger partial charge in [-0.25, -0.2) is 0 Å². The molecule has 88 valence electrons. The lowest BCUT2D eigenvalue weighted by Gasteiger charge is -2.06. The van der Waals surface area contributed by atoms with Crippen LogP contribution in [0, 0.1) is 13.8 Å². The molecule has 2 rings (SSSR count). The molecular formula is C12H13N3O2. The van der Waals surface area contributed by atoms with Gasteiger partial charge in [-0.1, -0.05) is 6.07 Å². The second kappa shape index (κ2) is 4.29. The van der Waals surface area contributed by atoms with Crippen LogP contribution in [0.1, 0.15) is 21.5 Å². The molecule has 0 fully saturated rings. The maximum atomic E-state index is 11.9. The third-order valence-electron chi connectivity index (χ3n) is 2.47. The number of anilines is 1.